The van der Waals surface area contributed by atoms with Gasteiger partial charge in [0.15, 0.2) is 0 Å². The van der Waals surface area contributed by atoms with Crippen molar-refractivity contribution in [3.8, 4) is 5.75 Å². The van der Waals surface area contributed by atoms with E-state index < -0.39 is 0 Å². The van der Waals surface area contributed by atoms with Gasteiger partial charge in [-0.2, -0.15) is 0 Å². The molecule has 4 nitrogen and oxygen atoms in total. The molecule has 5 aromatic rings. The molecule has 1 amide bonds. The summed E-state index contributed by atoms with van der Waals surface area (Å²) in [5, 5.41) is 4.36. The molecule has 0 bridgehead atoms. The van der Waals surface area contributed by atoms with Crippen LogP contribution in [0.1, 0.15) is 54.0 Å². The molecule has 1 saturated carbocycles. The van der Waals surface area contributed by atoms with E-state index in [0.717, 1.165) is 60.0 Å². The number of carbonyl (C=O) groups excluding carboxylic acids is 1. The second kappa shape index (κ2) is 11.2. The number of nitrogens with zero attached hydrogens (tertiary/aromatic N) is 1. The van der Waals surface area contributed by atoms with E-state index in [1.807, 2.05) is 18.2 Å². The first-order chi connectivity index (χ1) is 19.2. The number of benzene rings is 4. The third kappa shape index (κ3) is 5.20. The van der Waals surface area contributed by atoms with Crippen molar-refractivity contribution in [2.45, 2.75) is 38.1 Å². The second-order valence-corrected chi connectivity index (χ2v) is 10.5. The van der Waals surface area contributed by atoms with Gasteiger partial charge in [0, 0.05) is 35.1 Å². The van der Waals surface area contributed by atoms with Gasteiger partial charge in [-0.05, 0) is 59.4 Å². The molecule has 1 aromatic heterocycles. The van der Waals surface area contributed by atoms with Crippen molar-refractivity contribution in [1.29, 1.82) is 0 Å². The van der Waals surface area contributed by atoms with Crippen LogP contribution in [0.15, 0.2) is 109 Å². The van der Waals surface area contributed by atoms with Crippen molar-refractivity contribution in [1.82, 2.24) is 4.57 Å². The van der Waals surface area contributed by atoms with E-state index in [0.29, 0.717) is 0 Å². The van der Waals surface area contributed by atoms with Gasteiger partial charge in [-0.1, -0.05) is 91.7 Å². The van der Waals surface area contributed by atoms with Crippen LogP contribution in [0, 0.1) is 5.92 Å². The summed E-state index contributed by atoms with van der Waals surface area (Å²) in [6.45, 7) is 0. The van der Waals surface area contributed by atoms with Gasteiger partial charge in [-0.3, -0.25) is 4.79 Å². The van der Waals surface area contributed by atoms with Crippen molar-refractivity contribution in [2.75, 3.05) is 12.4 Å². The Hall–Kier alpha value is -4.31. The van der Waals surface area contributed by atoms with Crippen LogP contribution in [-0.2, 0) is 11.2 Å². The summed E-state index contributed by atoms with van der Waals surface area (Å²) < 4.78 is 8.07. The number of fused-ring (bicyclic) bond motifs is 1. The van der Waals surface area contributed by atoms with Crippen LogP contribution in [0.4, 0.5) is 5.69 Å². The highest BCUT2D eigenvalue weighted by Crippen LogP contribution is 2.36. The molecule has 1 N–H and O–H groups in total. The average molecular weight is 515 g/mol. The number of ether oxygens (including phenoxy) is 1. The molecule has 1 aliphatic carbocycles. The highest BCUT2D eigenvalue weighted by Gasteiger charge is 2.24. The summed E-state index contributed by atoms with van der Waals surface area (Å²) in [6.07, 6.45) is 7.26. The van der Waals surface area contributed by atoms with Crippen LogP contribution in [0.2, 0.25) is 0 Å². The first kappa shape index (κ1) is 25.0. The molecule has 1 fully saturated rings. The van der Waals surface area contributed by atoms with Crippen molar-refractivity contribution in [3.05, 3.63) is 132 Å². The molecule has 4 heteroatoms. The monoisotopic (exact) mass is 514 g/mol. The van der Waals surface area contributed by atoms with Crippen LogP contribution in [0.5, 0.6) is 5.75 Å². The molecule has 0 saturated heterocycles. The maximum absolute atomic E-state index is 13.0. The van der Waals surface area contributed by atoms with Gasteiger partial charge in [0.05, 0.1) is 13.2 Å². The summed E-state index contributed by atoms with van der Waals surface area (Å²) in [5.41, 5.74) is 6.77. The number of methoxy groups -OCH3 is 1. The fraction of sp³-hybridized carbons (Fsp3) is 0.229. The second-order valence-electron chi connectivity index (χ2n) is 10.5. The van der Waals surface area contributed by atoms with Crippen LogP contribution in [0.25, 0.3) is 10.9 Å². The highest BCUT2D eigenvalue weighted by molar-refractivity contribution is 5.96. The van der Waals surface area contributed by atoms with Crippen molar-refractivity contribution in [2.24, 2.45) is 5.92 Å². The average Bonchev–Trinajstić information content (AvgIpc) is 3.64. The van der Waals surface area contributed by atoms with E-state index in [9.17, 15) is 4.79 Å². The topological polar surface area (TPSA) is 43.3 Å². The molecular weight excluding hydrogens is 480 g/mol. The van der Waals surface area contributed by atoms with Crippen LogP contribution < -0.4 is 10.1 Å². The Morgan fingerprint density at radius 3 is 2.15 bits per heavy atom. The summed E-state index contributed by atoms with van der Waals surface area (Å²) in [4.78, 5) is 13.0. The van der Waals surface area contributed by atoms with Crippen molar-refractivity contribution >= 4 is 22.5 Å². The molecule has 39 heavy (non-hydrogen) atoms. The Kier molecular flexibility index (Phi) is 7.18. The van der Waals surface area contributed by atoms with E-state index in [-0.39, 0.29) is 17.9 Å². The molecule has 4 aromatic carbocycles. The SMILES string of the molecule is COc1ccccc1Cc1cn(C(c2ccccc2)c2ccccc2)c2ccc(NC(=O)C3CCCC3)cc12. The van der Waals surface area contributed by atoms with Gasteiger partial charge in [0.25, 0.3) is 0 Å². The van der Waals surface area contributed by atoms with Gasteiger partial charge < -0.3 is 14.6 Å². The Bertz CT molecular complexity index is 1530. The first-order valence-electron chi connectivity index (χ1n) is 13.9. The Morgan fingerprint density at radius 1 is 0.846 bits per heavy atom. The van der Waals surface area contributed by atoms with Crippen LogP contribution >= 0.6 is 0 Å². The molecule has 0 atom stereocenters. The van der Waals surface area contributed by atoms with Gasteiger partial charge in [0.1, 0.15) is 5.75 Å². The van der Waals surface area contributed by atoms with E-state index in [1.54, 1.807) is 7.11 Å². The molecular formula is C35H34N2O2. The third-order valence-electron chi connectivity index (χ3n) is 7.99. The minimum Gasteiger partial charge on any atom is -0.496 e. The quantitative estimate of drug-likeness (QED) is 0.228. The molecule has 0 spiro atoms. The number of rotatable bonds is 8. The van der Waals surface area contributed by atoms with Gasteiger partial charge in [-0.25, -0.2) is 0 Å². The van der Waals surface area contributed by atoms with E-state index in [4.69, 9.17) is 4.74 Å². The fourth-order valence-electron chi connectivity index (χ4n) is 6.03. The van der Waals surface area contributed by atoms with Crippen molar-refractivity contribution < 1.29 is 9.53 Å². The van der Waals surface area contributed by atoms with E-state index >= 15 is 0 Å². The zero-order chi connectivity index (χ0) is 26.6. The summed E-state index contributed by atoms with van der Waals surface area (Å²) >= 11 is 0. The lowest BCUT2D eigenvalue weighted by Gasteiger charge is -2.22. The smallest absolute Gasteiger partial charge is 0.227 e. The maximum atomic E-state index is 13.0. The normalized spacial score (nSPS) is 13.7. The Labute approximate surface area is 230 Å². The fourth-order valence-corrected chi connectivity index (χ4v) is 6.03. The number of hydrogen-bond acceptors (Lipinski definition) is 2. The number of anilines is 1. The van der Waals surface area contributed by atoms with Crippen LogP contribution in [0.3, 0.4) is 0 Å². The van der Waals surface area contributed by atoms with Crippen molar-refractivity contribution in [3.63, 3.8) is 0 Å². The lowest BCUT2D eigenvalue weighted by molar-refractivity contribution is -0.119. The lowest BCUT2D eigenvalue weighted by Crippen LogP contribution is -2.20. The minimum absolute atomic E-state index is 0.0141. The molecule has 0 radical (unpaired) electrons. The Morgan fingerprint density at radius 2 is 1.49 bits per heavy atom. The largest absolute Gasteiger partial charge is 0.496 e. The molecule has 1 heterocycles. The first-order valence-corrected chi connectivity index (χ1v) is 13.9. The zero-order valence-corrected chi connectivity index (χ0v) is 22.3. The number of amides is 1. The molecule has 6 rings (SSSR count). The maximum Gasteiger partial charge on any atom is 0.227 e. The zero-order valence-electron chi connectivity index (χ0n) is 22.3. The summed E-state index contributed by atoms with van der Waals surface area (Å²) in [6, 6.07) is 35.9. The number of para-hydroxylation sites is 1. The number of aromatic nitrogens is 1. The molecule has 0 aliphatic heterocycles. The Balaban J connectivity index is 1.48. The summed E-state index contributed by atoms with van der Waals surface area (Å²) in [7, 11) is 1.72. The standard InChI is InChI=1S/C35H34N2O2/c1-39-33-19-11-10-18-28(33)22-29-24-37(34(25-12-4-2-5-13-25)26-14-6-3-7-15-26)32-21-20-30(23-31(29)32)36-35(38)27-16-8-9-17-27/h2-7,10-15,18-21,23-24,27,34H,8-9,16-17,22H2,1H3,(H,36,38). The van der Waals surface area contributed by atoms with E-state index in [1.165, 1.54) is 16.7 Å². The molecule has 0 unspecified atom stereocenters. The predicted molar refractivity (Wildman–Crippen MR) is 158 cm³/mol. The number of hydrogen-bond donors (Lipinski definition) is 1. The molecule has 196 valence electrons. The van der Waals surface area contributed by atoms with Gasteiger partial charge in [0.2, 0.25) is 5.91 Å². The van der Waals surface area contributed by atoms with Gasteiger partial charge >= 0.3 is 0 Å². The third-order valence-corrected chi connectivity index (χ3v) is 7.99. The van der Waals surface area contributed by atoms with E-state index in [2.05, 4.69) is 101 Å². The number of carbonyl (C=O) groups is 1. The van der Waals surface area contributed by atoms with Gasteiger partial charge in [-0.15, -0.1) is 0 Å². The summed E-state index contributed by atoms with van der Waals surface area (Å²) in [5.74, 6) is 1.15. The number of nitrogens with one attached hydrogen (secondary N) is 1. The van der Waals surface area contributed by atoms with Crippen LogP contribution in [-0.4, -0.2) is 17.6 Å². The predicted octanol–water partition coefficient (Wildman–Crippen LogP) is 8.01. The highest BCUT2D eigenvalue weighted by atomic mass is 16.5. The molecule has 1 aliphatic rings. The lowest BCUT2D eigenvalue weighted by atomic mass is 9.98. The minimum atomic E-state index is 0.0141.